The van der Waals surface area contributed by atoms with Crippen LogP contribution in [0.2, 0.25) is 5.02 Å². The summed E-state index contributed by atoms with van der Waals surface area (Å²) >= 11 is 7.41. The number of anilines is 1. The highest BCUT2D eigenvalue weighted by Crippen LogP contribution is 2.34. The van der Waals surface area contributed by atoms with Crippen molar-refractivity contribution in [3.8, 4) is 0 Å². The van der Waals surface area contributed by atoms with Gasteiger partial charge in [0, 0.05) is 25.0 Å². The first kappa shape index (κ1) is 19.6. The largest absolute Gasteiger partial charge is 0.331 e. The van der Waals surface area contributed by atoms with Gasteiger partial charge in [0.15, 0.2) is 0 Å². The average molecular weight is 426 g/mol. The third-order valence-electron chi connectivity index (χ3n) is 4.79. The standard InChI is InChI=1S/C22H20ClN3O2S/c1-14-11-19(25-21(27)17-6-2-3-7-18(17)23)29-20(14)22(28)26(16-8-9-16)13-15-5-4-10-24-12-15/h2-7,10-12,16H,8-9,13H2,1H3,(H,25,27). The first-order valence-corrected chi connectivity index (χ1v) is 10.6. The second-order valence-electron chi connectivity index (χ2n) is 7.08. The maximum absolute atomic E-state index is 13.3. The number of benzene rings is 1. The van der Waals surface area contributed by atoms with Crippen LogP contribution in [0.25, 0.3) is 0 Å². The summed E-state index contributed by atoms with van der Waals surface area (Å²) in [7, 11) is 0. The van der Waals surface area contributed by atoms with Gasteiger partial charge in [-0.25, -0.2) is 0 Å². The van der Waals surface area contributed by atoms with Gasteiger partial charge in [-0.2, -0.15) is 0 Å². The summed E-state index contributed by atoms with van der Waals surface area (Å²) in [6.07, 6.45) is 5.56. The van der Waals surface area contributed by atoms with Gasteiger partial charge < -0.3 is 10.2 Å². The van der Waals surface area contributed by atoms with Crippen LogP contribution < -0.4 is 5.32 Å². The summed E-state index contributed by atoms with van der Waals surface area (Å²) in [5.41, 5.74) is 2.27. The Morgan fingerprint density at radius 1 is 1.24 bits per heavy atom. The molecule has 1 aliphatic rings. The van der Waals surface area contributed by atoms with Crippen LogP contribution in [0, 0.1) is 6.92 Å². The van der Waals surface area contributed by atoms with E-state index >= 15 is 0 Å². The number of nitrogens with zero attached hydrogens (tertiary/aromatic N) is 2. The average Bonchev–Trinajstić information content (AvgIpc) is 3.49. The maximum Gasteiger partial charge on any atom is 0.264 e. The molecule has 4 rings (SSSR count). The van der Waals surface area contributed by atoms with Gasteiger partial charge in [-0.15, -0.1) is 11.3 Å². The van der Waals surface area contributed by atoms with Crippen LogP contribution in [0.3, 0.4) is 0 Å². The second-order valence-corrected chi connectivity index (χ2v) is 8.54. The lowest BCUT2D eigenvalue weighted by Gasteiger charge is -2.22. The highest BCUT2D eigenvalue weighted by Gasteiger charge is 2.34. The van der Waals surface area contributed by atoms with Gasteiger partial charge in [-0.05, 0) is 55.2 Å². The molecule has 3 aromatic rings. The van der Waals surface area contributed by atoms with Crippen LogP contribution in [0.4, 0.5) is 5.00 Å². The number of nitrogens with one attached hydrogen (secondary N) is 1. The van der Waals surface area contributed by atoms with Crippen molar-refractivity contribution in [2.45, 2.75) is 32.4 Å². The molecule has 0 radical (unpaired) electrons. The summed E-state index contributed by atoms with van der Waals surface area (Å²) in [5, 5.41) is 3.89. The van der Waals surface area contributed by atoms with Crippen LogP contribution in [0.1, 0.15) is 44.0 Å². The molecule has 148 valence electrons. The number of aryl methyl sites for hydroxylation is 1. The van der Waals surface area contributed by atoms with Gasteiger partial charge in [-0.3, -0.25) is 14.6 Å². The summed E-state index contributed by atoms with van der Waals surface area (Å²) in [6.45, 7) is 2.43. The van der Waals surface area contributed by atoms with Gasteiger partial charge in [0.25, 0.3) is 11.8 Å². The van der Waals surface area contributed by atoms with E-state index in [-0.39, 0.29) is 17.9 Å². The summed E-state index contributed by atoms with van der Waals surface area (Å²) in [4.78, 5) is 32.5. The Kier molecular flexibility index (Phi) is 5.65. The smallest absolute Gasteiger partial charge is 0.264 e. The van der Waals surface area contributed by atoms with E-state index in [2.05, 4.69) is 10.3 Å². The molecule has 0 bridgehead atoms. The van der Waals surface area contributed by atoms with Crippen molar-refractivity contribution in [1.29, 1.82) is 0 Å². The van der Waals surface area contributed by atoms with Gasteiger partial charge >= 0.3 is 0 Å². The van der Waals surface area contributed by atoms with Crippen LogP contribution in [-0.2, 0) is 6.54 Å². The van der Waals surface area contributed by atoms with E-state index in [9.17, 15) is 9.59 Å². The number of hydrogen-bond donors (Lipinski definition) is 1. The fourth-order valence-electron chi connectivity index (χ4n) is 3.15. The Bertz CT molecular complexity index is 1050. The minimum atomic E-state index is -0.287. The molecule has 7 heteroatoms. The Morgan fingerprint density at radius 2 is 2.03 bits per heavy atom. The lowest BCUT2D eigenvalue weighted by atomic mass is 10.2. The van der Waals surface area contributed by atoms with Crippen LogP contribution in [-0.4, -0.2) is 27.7 Å². The zero-order valence-electron chi connectivity index (χ0n) is 15.9. The predicted molar refractivity (Wildman–Crippen MR) is 116 cm³/mol. The molecular formula is C22H20ClN3O2S. The van der Waals surface area contributed by atoms with Crippen molar-refractivity contribution >= 4 is 39.8 Å². The molecule has 1 N–H and O–H groups in total. The van der Waals surface area contributed by atoms with Crippen molar-refractivity contribution in [2.75, 3.05) is 5.32 Å². The first-order chi connectivity index (χ1) is 14.0. The fourth-order valence-corrected chi connectivity index (χ4v) is 4.40. The van der Waals surface area contributed by atoms with Crippen molar-refractivity contribution in [2.24, 2.45) is 0 Å². The number of pyridine rings is 1. The van der Waals surface area contributed by atoms with E-state index in [1.807, 2.05) is 30.0 Å². The van der Waals surface area contributed by atoms with Crippen molar-refractivity contribution in [3.63, 3.8) is 0 Å². The maximum atomic E-state index is 13.3. The third kappa shape index (κ3) is 4.49. The van der Waals surface area contributed by atoms with E-state index in [4.69, 9.17) is 11.6 Å². The van der Waals surface area contributed by atoms with Crippen LogP contribution in [0.5, 0.6) is 0 Å². The molecule has 0 unspecified atom stereocenters. The van der Waals surface area contributed by atoms with Crippen molar-refractivity contribution in [3.05, 3.63) is 81.4 Å². The molecule has 2 heterocycles. The predicted octanol–water partition coefficient (Wildman–Crippen LogP) is 5.16. The Morgan fingerprint density at radius 3 is 2.72 bits per heavy atom. The molecular weight excluding hydrogens is 406 g/mol. The van der Waals surface area contributed by atoms with E-state index in [0.29, 0.717) is 27.0 Å². The number of halogens is 1. The number of carbonyl (C=O) groups excluding carboxylic acids is 2. The Hall–Kier alpha value is -2.70. The minimum absolute atomic E-state index is 0.00269. The molecule has 0 aliphatic heterocycles. The molecule has 1 fully saturated rings. The van der Waals surface area contributed by atoms with Gasteiger partial charge in [0.2, 0.25) is 0 Å². The lowest BCUT2D eigenvalue weighted by Crippen LogP contribution is -2.32. The first-order valence-electron chi connectivity index (χ1n) is 9.39. The van der Waals surface area contributed by atoms with Gasteiger partial charge in [0.1, 0.15) is 0 Å². The molecule has 2 amide bonds. The van der Waals surface area contributed by atoms with Gasteiger partial charge in [0.05, 0.1) is 20.5 Å². The van der Waals surface area contributed by atoms with E-state index in [1.165, 1.54) is 11.3 Å². The molecule has 0 saturated heterocycles. The molecule has 2 aromatic heterocycles. The molecule has 0 spiro atoms. The number of rotatable bonds is 6. The second kappa shape index (κ2) is 8.35. The van der Waals surface area contributed by atoms with Crippen LogP contribution in [0.15, 0.2) is 54.9 Å². The SMILES string of the molecule is Cc1cc(NC(=O)c2ccccc2Cl)sc1C(=O)N(Cc1cccnc1)C1CC1. The molecule has 1 aromatic carbocycles. The highest BCUT2D eigenvalue weighted by atomic mass is 35.5. The molecule has 1 saturated carbocycles. The molecule has 5 nitrogen and oxygen atoms in total. The zero-order chi connectivity index (χ0) is 20.4. The Labute approximate surface area is 178 Å². The summed E-state index contributed by atoms with van der Waals surface area (Å²) in [6, 6.07) is 12.9. The van der Waals surface area contributed by atoms with E-state index < -0.39 is 0 Å². The fraction of sp³-hybridized carbons (Fsp3) is 0.227. The quantitative estimate of drug-likeness (QED) is 0.593. The Balaban J connectivity index is 1.52. The van der Waals surface area contributed by atoms with E-state index in [1.54, 1.807) is 36.7 Å². The highest BCUT2D eigenvalue weighted by molar-refractivity contribution is 7.18. The topological polar surface area (TPSA) is 62.3 Å². The van der Waals surface area contributed by atoms with E-state index in [0.717, 1.165) is 24.0 Å². The monoisotopic (exact) mass is 425 g/mol. The molecule has 1 aliphatic carbocycles. The molecule has 29 heavy (non-hydrogen) atoms. The minimum Gasteiger partial charge on any atom is -0.331 e. The normalized spacial score (nSPS) is 13.2. The lowest BCUT2D eigenvalue weighted by molar-refractivity contribution is 0.0734. The van der Waals surface area contributed by atoms with Crippen LogP contribution >= 0.6 is 22.9 Å². The van der Waals surface area contributed by atoms with Gasteiger partial charge in [-0.1, -0.05) is 29.8 Å². The number of aromatic nitrogens is 1. The third-order valence-corrected chi connectivity index (χ3v) is 6.26. The zero-order valence-corrected chi connectivity index (χ0v) is 17.5. The van der Waals surface area contributed by atoms with Crippen molar-refractivity contribution < 1.29 is 9.59 Å². The number of thiophene rings is 1. The number of hydrogen-bond acceptors (Lipinski definition) is 4. The molecule has 0 atom stereocenters. The number of carbonyl (C=O) groups is 2. The summed E-state index contributed by atoms with van der Waals surface area (Å²) < 4.78 is 0. The summed E-state index contributed by atoms with van der Waals surface area (Å²) in [5.74, 6) is -0.289. The van der Waals surface area contributed by atoms with Crippen molar-refractivity contribution in [1.82, 2.24) is 9.88 Å². The number of amides is 2.